The van der Waals surface area contributed by atoms with E-state index in [0.717, 1.165) is 42.1 Å². The molecule has 6 aromatic rings. The minimum atomic E-state index is 0.0778. The highest BCUT2D eigenvalue weighted by molar-refractivity contribution is 8.01. The van der Waals surface area contributed by atoms with E-state index in [4.69, 9.17) is 0 Å². The summed E-state index contributed by atoms with van der Waals surface area (Å²) in [6.07, 6.45) is 1.71. The molecule has 1 aromatic heterocycles. The predicted octanol–water partition coefficient (Wildman–Crippen LogP) is 8.55. The molecule has 0 saturated carbocycles. The lowest BCUT2D eigenvalue weighted by Gasteiger charge is -2.04. The number of phenols is 1. The third-order valence-corrected chi connectivity index (χ3v) is 8.44. The summed E-state index contributed by atoms with van der Waals surface area (Å²) in [5.74, 6) is 0.606. The number of rotatable bonds is 7. The van der Waals surface area contributed by atoms with Crippen LogP contribution in [0, 0.1) is 0 Å². The van der Waals surface area contributed by atoms with Crippen molar-refractivity contribution in [3.8, 4) is 16.9 Å². The van der Waals surface area contributed by atoms with Gasteiger partial charge in [0.15, 0.2) is 10.1 Å². The Labute approximate surface area is 228 Å². The van der Waals surface area contributed by atoms with Crippen molar-refractivity contribution < 1.29 is 9.90 Å². The van der Waals surface area contributed by atoms with Crippen LogP contribution in [0.25, 0.3) is 32.1 Å². The maximum absolute atomic E-state index is 12.8. The Kier molecular flexibility index (Phi) is 6.73. The highest BCUT2D eigenvalue weighted by Crippen LogP contribution is 2.33. The van der Waals surface area contributed by atoms with Gasteiger partial charge < -0.3 is 5.11 Å². The van der Waals surface area contributed by atoms with E-state index in [1.165, 1.54) is 11.8 Å². The van der Waals surface area contributed by atoms with Gasteiger partial charge in [-0.1, -0.05) is 96.7 Å². The van der Waals surface area contributed by atoms with Gasteiger partial charge in [0.2, 0.25) is 0 Å². The number of aromatic nitrogens is 1. The molecule has 0 atom stereocenters. The van der Waals surface area contributed by atoms with Gasteiger partial charge in [0, 0.05) is 17.3 Å². The molecular formula is C32H22N2O2S2. The van der Waals surface area contributed by atoms with Crippen molar-refractivity contribution in [1.82, 2.24) is 4.98 Å². The van der Waals surface area contributed by atoms with Gasteiger partial charge in [0.25, 0.3) is 0 Å². The standard InChI is InChI=1S/C32H22N2O2S2/c35-29-17-14-23-8-4-5-9-26(23)27(29)19-33-25-15-16-28-31(18-25)38-32(34-28)37-20-30(36)24-12-10-22(11-13-24)21-6-2-1-3-7-21/h1-19,35H,20H2. The van der Waals surface area contributed by atoms with Crippen LogP contribution in [-0.4, -0.2) is 27.8 Å². The molecule has 0 bridgehead atoms. The van der Waals surface area contributed by atoms with Crippen LogP contribution in [0.4, 0.5) is 5.69 Å². The zero-order valence-corrected chi connectivity index (χ0v) is 21.9. The summed E-state index contributed by atoms with van der Waals surface area (Å²) in [4.78, 5) is 22.1. The maximum atomic E-state index is 12.8. The van der Waals surface area contributed by atoms with E-state index in [9.17, 15) is 9.90 Å². The Balaban J connectivity index is 1.15. The number of aromatic hydroxyl groups is 1. The number of thiazole rings is 1. The molecule has 6 heteroatoms. The molecule has 38 heavy (non-hydrogen) atoms. The molecule has 0 radical (unpaired) electrons. The average molecular weight is 531 g/mol. The van der Waals surface area contributed by atoms with E-state index in [-0.39, 0.29) is 11.5 Å². The van der Waals surface area contributed by atoms with Gasteiger partial charge in [-0.2, -0.15) is 0 Å². The number of ketones is 1. The lowest BCUT2D eigenvalue weighted by molar-refractivity contribution is 0.102. The number of carbonyl (C=O) groups is 1. The van der Waals surface area contributed by atoms with Gasteiger partial charge >= 0.3 is 0 Å². The van der Waals surface area contributed by atoms with Crippen LogP contribution in [0.2, 0.25) is 0 Å². The lowest BCUT2D eigenvalue weighted by Crippen LogP contribution is -2.01. The molecule has 184 valence electrons. The van der Waals surface area contributed by atoms with Crippen molar-refractivity contribution in [3.05, 3.63) is 120 Å². The monoisotopic (exact) mass is 530 g/mol. The molecule has 0 saturated heterocycles. The Hall–Kier alpha value is -4.26. The van der Waals surface area contributed by atoms with Crippen molar-refractivity contribution in [2.45, 2.75) is 4.34 Å². The van der Waals surface area contributed by atoms with Crippen molar-refractivity contribution >= 4 is 61.8 Å². The van der Waals surface area contributed by atoms with Gasteiger partial charge in [-0.05, 0) is 46.2 Å². The number of aliphatic imine (C=N–C) groups is 1. The van der Waals surface area contributed by atoms with E-state index in [1.54, 1.807) is 23.6 Å². The van der Waals surface area contributed by atoms with Crippen LogP contribution in [-0.2, 0) is 0 Å². The van der Waals surface area contributed by atoms with Crippen LogP contribution in [0.1, 0.15) is 15.9 Å². The largest absolute Gasteiger partial charge is 0.507 e. The summed E-state index contributed by atoms with van der Waals surface area (Å²) in [6, 6.07) is 35.2. The summed E-state index contributed by atoms with van der Waals surface area (Å²) in [7, 11) is 0. The Bertz CT molecular complexity index is 1790. The molecule has 6 rings (SSSR count). The molecule has 0 aliphatic heterocycles. The second-order valence-corrected chi connectivity index (χ2v) is 11.0. The number of Topliss-reactive ketones (excluding diaryl/α,β-unsaturated/α-hetero) is 1. The van der Waals surface area contributed by atoms with Crippen molar-refractivity contribution in [1.29, 1.82) is 0 Å². The molecule has 0 amide bonds. The van der Waals surface area contributed by atoms with E-state index in [1.807, 2.05) is 91.0 Å². The smallest absolute Gasteiger partial charge is 0.173 e. The summed E-state index contributed by atoms with van der Waals surface area (Å²) in [6.45, 7) is 0. The molecule has 1 heterocycles. The lowest BCUT2D eigenvalue weighted by atomic mass is 10.0. The van der Waals surface area contributed by atoms with Crippen LogP contribution in [0.3, 0.4) is 0 Å². The van der Waals surface area contributed by atoms with Crippen LogP contribution in [0.5, 0.6) is 5.75 Å². The second kappa shape index (κ2) is 10.6. The normalized spacial score (nSPS) is 11.5. The summed E-state index contributed by atoms with van der Waals surface area (Å²) < 4.78 is 1.85. The number of hydrogen-bond acceptors (Lipinski definition) is 6. The number of hydrogen-bond donors (Lipinski definition) is 1. The molecule has 0 spiro atoms. The molecule has 5 aromatic carbocycles. The fourth-order valence-corrected chi connectivity index (χ4v) is 6.28. The first kappa shape index (κ1) is 24.1. The highest BCUT2D eigenvalue weighted by atomic mass is 32.2. The minimum Gasteiger partial charge on any atom is -0.507 e. The van der Waals surface area contributed by atoms with Crippen LogP contribution in [0.15, 0.2) is 119 Å². The summed E-state index contributed by atoms with van der Waals surface area (Å²) in [5, 5.41) is 12.4. The van der Waals surface area contributed by atoms with Gasteiger partial charge in [-0.3, -0.25) is 9.79 Å². The van der Waals surface area contributed by atoms with Gasteiger partial charge in [0.1, 0.15) is 5.75 Å². The number of benzene rings is 5. The van der Waals surface area contributed by atoms with Gasteiger partial charge in [0.05, 0.1) is 21.7 Å². The summed E-state index contributed by atoms with van der Waals surface area (Å²) >= 11 is 3.01. The SMILES string of the molecule is O=C(CSc1nc2ccc(N=Cc3c(O)ccc4ccccc34)cc2s1)c1ccc(-c2ccccc2)cc1. The van der Waals surface area contributed by atoms with Crippen molar-refractivity contribution in [3.63, 3.8) is 0 Å². The maximum Gasteiger partial charge on any atom is 0.173 e. The first-order chi connectivity index (χ1) is 18.6. The number of phenolic OH excluding ortho intramolecular Hbond substituents is 1. The third-order valence-electron chi connectivity index (χ3n) is 6.28. The first-order valence-corrected chi connectivity index (χ1v) is 13.9. The van der Waals surface area contributed by atoms with Crippen molar-refractivity contribution in [2.75, 3.05) is 5.75 Å². The van der Waals surface area contributed by atoms with Gasteiger partial charge in [-0.15, -0.1) is 11.3 Å². The predicted molar refractivity (Wildman–Crippen MR) is 159 cm³/mol. The first-order valence-electron chi connectivity index (χ1n) is 12.1. The Morgan fingerprint density at radius 1 is 0.868 bits per heavy atom. The summed E-state index contributed by atoms with van der Waals surface area (Å²) in [5.41, 5.74) is 5.28. The number of fused-ring (bicyclic) bond motifs is 2. The van der Waals surface area contributed by atoms with E-state index in [0.29, 0.717) is 16.9 Å². The van der Waals surface area contributed by atoms with E-state index >= 15 is 0 Å². The zero-order valence-electron chi connectivity index (χ0n) is 20.2. The quantitative estimate of drug-likeness (QED) is 0.128. The fourth-order valence-electron chi connectivity index (χ4n) is 4.28. The molecular weight excluding hydrogens is 508 g/mol. The molecule has 1 N–H and O–H groups in total. The number of nitrogens with zero attached hydrogens (tertiary/aromatic N) is 2. The van der Waals surface area contributed by atoms with E-state index < -0.39 is 0 Å². The van der Waals surface area contributed by atoms with E-state index in [2.05, 4.69) is 22.1 Å². The van der Waals surface area contributed by atoms with Crippen LogP contribution < -0.4 is 0 Å². The molecule has 0 unspecified atom stereocenters. The third kappa shape index (κ3) is 5.09. The molecule has 0 fully saturated rings. The average Bonchev–Trinajstić information content (AvgIpc) is 3.38. The van der Waals surface area contributed by atoms with Gasteiger partial charge in [-0.25, -0.2) is 4.98 Å². The fraction of sp³-hybridized carbons (Fsp3) is 0.0312. The number of thioether (sulfide) groups is 1. The highest BCUT2D eigenvalue weighted by Gasteiger charge is 2.11. The molecule has 4 nitrogen and oxygen atoms in total. The molecule has 0 aliphatic carbocycles. The Morgan fingerprint density at radius 2 is 1.63 bits per heavy atom. The van der Waals surface area contributed by atoms with Crippen molar-refractivity contribution in [2.24, 2.45) is 4.99 Å². The topological polar surface area (TPSA) is 62.5 Å². The number of carbonyl (C=O) groups excluding carboxylic acids is 1. The Morgan fingerprint density at radius 3 is 2.47 bits per heavy atom. The molecule has 0 aliphatic rings. The second-order valence-electron chi connectivity index (χ2n) is 8.76. The zero-order chi connectivity index (χ0) is 25.9. The minimum absolute atomic E-state index is 0.0778. The van der Waals surface area contributed by atoms with Crippen LogP contribution >= 0.6 is 23.1 Å².